The SMILES string of the molecule is CSc1ccc(CN(C)C(=O)c2ccc(N3CCCC3)c([N+](=O)[O-])c2)cc1. The first-order valence-electron chi connectivity index (χ1n) is 8.91. The summed E-state index contributed by atoms with van der Waals surface area (Å²) in [6.07, 6.45) is 4.09. The largest absolute Gasteiger partial charge is 0.366 e. The van der Waals surface area contributed by atoms with Crippen LogP contribution in [0.2, 0.25) is 0 Å². The van der Waals surface area contributed by atoms with E-state index < -0.39 is 4.92 Å². The van der Waals surface area contributed by atoms with Crippen molar-refractivity contribution in [1.82, 2.24) is 4.90 Å². The lowest BCUT2D eigenvalue weighted by Crippen LogP contribution is -2.26. The first kappa shape index (κ1) is 19.2. The molecule has 0 spiro atoms. The minimum atomic E-state index is -0.397. The van der Waals surface area contributed by atoms with Crippen molar-refractivity contribution in [3.05, 3.63) is 63.7 Å². The third-order valence-electron chi connectivity index (χ3n) is 4.79. The molecule has 1 fully saturated rings. The van der Waals surface area contributed by atoms with Gasteiger partial charge in [-0.1, -0.05) is 12.1 Å². The highest BCUT2D eigenvalue weighted by molar-refractivity contribution is 7.98. The molecule has 1 aliphatic rings. The minimum absolute atomic E-state index is 0.000438. The van der Waals surface area contributed by atoms with Crippen LogP contribution in [0.1, 0.15) is 28.8 Å². The number of rotatable bonds is 6. The van der Waals surface area contributed by atoms with Crippen LogP contribution in [-0.4, -0.2) is 42.1 Å². The first-order valence-corrected chi connectivity index (χ1v) is 10.1. The molecule has 0 radical (unpaired) electrons. The van der Waals surface area contributed by atoms with E-state index in [0.717, 1.165) is 31.5 Å². The topological polar surface area (TPSA) is 66.7 Å². The highest BCUT2D eigenvalue weighted by Crippen LogP contribution is 2.32. The lowest BCUT2D eigenvalue weighted by molar-refractivity contribution is -0.384. The number of benzene rings is 2. The highest BCUT2D eigenvalue weighted by Gasteiger charge is 2.24. The van der Waals surface area contributed by atoms with E-state index in [2.05, 4.69) is 0 Å². The first-order chi connectivity index (χ1) is 13.0. The normalized spacial score (nSPS) is 13.6. The van der Waals surface area contributed by atoms with Gasteiger partial charge in [0.15, 0.2) is 0 Å². The summed E-state index contributed by atoms with van der Waals surface area (Å²) >= 11 is 1.67. The van der Waals surface area contributed by atoms with Crippen LogP contribution in [0, 0.1) is 10.1 Å². The molecule has 0 saturated carbocycles. The minimum Gasteiger partial charge on any atom is -0.366 e. The van der Waals surface area contributed by atoms with E-state index >= 15 is 0 Å². The van der Waals surface area contributed by atoms with Gasteiger partial charge >= 0.3 is 0 Å². The number of carbonyl (C=O) groups excluding carboxylic acids is 1. The van der Waals surface area contributed by atoms with Crippen LogP contribution < -0.4 is 4.90 Å². The highest BCUT2D eigenvalue weighted by atomic mass is 32.2. The molecule has 1 heterocycles. The third-order valence-corrected chi connectivity index (χ3v) is 5.53. The maximum Gasteiger partial charge on any atom is 0.293 e. The van der Waals surface area contributed by atoms with E-state index in [4.69, 9.17) is 0 Å². The Kier molecular flexibility index (Phi) is 6.01. The van der Waals surface area contributed by atoms with Crippen LogP contribution in [-0.2, 0) is 6.54 Å². The Labute approximate surface area is 163 Å². The van der Waals surface area contributed by atoms with Gasteiger partial charge in [-0.3, -0.25) is 14.9 Å². The molecule has 27 heavy (non-hydrogen) atoms. The van der Waals surface area contributed by atoms with Crippen molar-refractivity contribution in [1.29, 1.82) is 0 Å². The zero-order valence-corrected chi connectivity index (χ0v) is 16.4. The Balaban J connectivity index is 1.78. The van der Waals surface area contributed by atoms with E-state index in [-0.39, 0.29) is 11.6 Å². The summed E-state index contributed by atoms with van der Waals surface area (Å²) in [5, 5.41) is 11.5. The van der Waals surface area contributed by atoms with Gasteiger partial charge in [-0.25, -0.2) is 0 Å². The number of anilines is 1. The molecule has 0 unspecified atom stereocenters. The maximum atomic E-state index is 12.8. The Morgan fingerprint density at radius 1 is 1.19 bits per heavy atom. The second-order valence-electron chi connectivity index (χ2n) is 6.66. The fraction of sp³-hybridized carbons (Fsp3) is 0.350. The molecule has 2 aromatic rings. The molecule has 1 aliphatic heterocycles. The molecule has 2 aromatic carbocycles. The van der Waals surface area contributed by atoms with E-state index in [9.17, 15) is 14.9 Å². The van der Waals surface area contributed by atoms with Gasteiger partial charge < -0.3 is 9.80 Å². The number of nitrogens with zero attached hydrogens (tertiary/aromatic N) is 3. The molecule has 1 saturated heterocycles. The quantitative estimate of drug-likeness (QED) is 0.424. The predicted octanol–water partition coefficient (Wildman–Crippen LogP) is 4.19. The molecule has 7 heteroatoms. The third kappa shape index (κ3) is 4.42. The molecule has 0 aliphatic carbocycles. The number of amides is 1. The standard InChI is InChI=1S/C20H23N3O3S/c1-21(14-15-5-8-17(27-2)9-6-15)20(24)16-7-10-18(19(13-16)23(25)26)22-11-3-4-12-22/h5-10,13H,3-4,11-12,14H2,1-2H3. The molecular formula is C20H23N3O3S. The van der Waals surface area contributed by atoms with Crippen molar-refractivity contribution in [2.75, 3.05) is 31.3 Å². The Bertz CT molecular complexity index is 833. The second kappa shape index (κ2) is 8.43. The van der Waals surface area contributed by atoms with E-state index in [1.165, 1.54) is 11.0 Å². The molecule has 0 aromatic heterocycles. The Hall–Kier alpha value is -2.54. The summed E-state index contributed by atoms with van der Waals surface area (Å²) in [4.78, 5) is 28.7. The maximum absolute atomic E-state index is 12.8. The van der Waals surface area contributed by atoms with Crippen molar-refractivity contribution < 1.29 is 9.72 Å². The van der Waals surface area contributed by atoms with E-state index in [1.54, 1.807) is 35.8 Å². The van der Waals surface area contributed by atoms with Crippen LogP contribution in [0.3, 0.4) is 0 Å². The number of nitro benzene ring substituents is 1. The lowest BCUT2D eigenvalue weighted by Gasteiger charge is -2.20. The summed E-state index contributed by atoms with van der Waals surface area (Å²) in [7, 11) is 1.71. The average Bonchev–Trinajstić information content (AvgIpc) is 3.22. The summed E-state index contributed by atoms with van der Waals surface area (Å²) in [5.74, 6) is -0.222. The molecule has 0 atom stereocenters. The second-order valence-corrected chi connectivity index (χ2v) is 7.54. The number of thioether (sulfide) groups is 1. The van der Waals surface area contributed by atoms with Gasteiger partial charge in [0.25, 0.3) is 11.6 Å². The summed E-state index contributed by atoms with van der Waals surface area (Å²) < 4.78 is 0. The molecule has 0 bridgehead atoms. The van der Waals surface area contributed by atoms with Crippen LogP contribution in [0.25, 0.3) is 0 Å². The van der Waals surface area contributed by atoms with Crippen molar-refractivity contribution in [2.24, 2.45) is 0 Å². The van der Waals surface area contributed by atoms with Gasteiger partial charge in [0.1, 0.15) is 5.69 Å². The molecule has 3 rings (SSSR count). The fourth-order valence-corrected chi connectivity index (χ4v) is 3.73. The van der Waals surface area contributed by atoms with Gasteiger partial charge in [0.2, 0.25) is 0 Å². The molecule has 0 N–H and O–H groups in total. The molecular weight excluding hydrogens is 362 g/mol. The van der Waals surface area contributed by atoms with Crippen molar-refractivity contribution in [2.45, 2.75) is 24.3 Å². The monoisotopic (exact) mass is 385 g/mol. The number of hydrogen-bond acceptors (Lipinski definition) is 5. The summed E-state index contributed by atoms with van der Waals surface area (Å²) in [5.41, 5.74) is 1.96. The van der Waals surface area contributed by atoms with Crippen LogP contribution in [0.5, 0.6) is 0 Å². The Morgan fingerprint density at radius 2 is 1.85 bits per heavy atom. The summed E-state index contributed by atoms with van der Waals surface area (Å²) in [6.45, 7) is 2.09. The van der Waals surface area contributed by atoms with Gasteiger partial charge in [-0.15, -0.1) is 11.8 Å². The zero-order chi connectivity index (χ0) is 19.4. The van der Waals surface area contributed by atoms with Gasteiger partial charge in [0, 0.05) is 43.2 Å². The molecule has 1 amide bonds. The van der Waals surface area contributed by atoms with Crippen LogP contribution >= 0.6 is 11.8 Å². The number of nitro groups is 1. The summed E-state index contributed by atoms with van der Waals surface area (Å²) in [6, 6.07) is 12.8. The average molecular weight is 385 g/mol. The Morgan fingerprint density at radius 3 is 2.44 bits per heavy atom. The molecule has 6 nitrogen and oxygen atoms in total. The predicted molar refractivity (Wildman–Crippen MR) is 109 cm³/mol. The molecule has 142 valence electrons. The van der Waals surface area contributed by atoms with Crippen LogP contribution in [0.15, 0.2) is 47.4 Å². The van der Waals surface area contributed by atoms with E-state index in [1.807, 2.05) is 35.4 Å². The fourth-order valence-electron chi connectivity index (χ4n) is 3.33. The van der Waals surface area contributed by atoms with Gasteiger partial charge in [-0.05, 0) is 48.9 Å². The van der Waals surface area contributed by atoms with Crippen molar-refractivity contribution in [3.8, 4) is 0 Å². The van der Waals surface area contributed by atoms with E-state index in [0.29, 0.717) is 17.8 Å². The van der Waals surface area contributed by atoms with Gasteiger partial charge in [-0.2, -0.15) is 0 Å². The lowest BCUT2D eigenvalue weighted by atomic mass is 10.1. The van der Waals surface area contributed by atoms with Gasteiger partial charge in [0.05, 0.1) is 4.92 Å². The zero-order valence-electron chi connectivity index (χ0n) is 15.6. The number of hydrogen-bond donors (Lipinski definition) is 0. The van der Waals surface area contributed by atoms with Crippen LogP contribution in [0.4, 0.5) is 11.4 Å². The van der Waals surface area contributed by atoms with Crippen molar-refractivity contribution in [3.63, 3.8) is 0 Å². The van der Waals surface area contributed by atoms with Crippen molar-refractivity contribution >= 4 is 29.0 Å². The number of carbonyl (C=O) groups is 1. The smallest absolute Gasteiger partial charge is 0.293 e.